The quantitative estimate of drug-likeness (QED) is 0.228. The molecule has 3 heterocycles. The molecule has 8 heteroatoms. The van der Waals surface area contributed by atoms with Crippen LogP contribution in [-0.2, 0) is 4.74 Å². The first-order chi connectivity index (χ1) is 19.6. The van der Waals surface area contributed by atoms with Gasteiger partial charge in [0, 0.05) is 37.1 Å². The van der Waals surface area contributed by atoms with Crippen molar-refractivity contribution in [2.75, 3.05) is 51.4 Å². The molecule has 0 bridgehead atoms. The van der Waals surface area contributed by atoms with Gasteiger partial charge in [0.05, 0.1) is 41.8 Å². The number of aryl methyl sites for hydroxylation is 1. The molecule has 6 rings (SSSR count). The normalized spacial score (nSPS) is 14.1. The minimum Gasteiger partial charge on any atom is -0.494 e. The number of hydrogen-bond acceptors (Lipinski definition) is 7. The van der Waals surface area contributed by atoms with Crippen LogP contribution in [0.1, 0.15) is 22.3 Å². The summed E-state index contributed by atoms with van der Waals surface area (Å²) in [6.07, 6.45) is 0.826. The van der Waals surface area contributed by atoms with Gasteiger partial charge in [-0.2, -0.15) is 0 Å². The van der Waals surface area contributed by atoms with Crippen LogP contribution < -0.4 is 9.64 Å². The molecule has 1 aliphatic heterocycles. The first kappa shape index (κ1) is 26.4. The van der Waals surface area contributed by atoms with E-state index >= 15 is 0 Å². The standard InChI is InChI=1S/C32H32N4O3S/c1-22-13-14-28(38-2)29-30(22)40-32(34-29)36(16-8-15-35-17-19-39-20-18-35)31(37)25-21-27(23-9-4-3-5-10-23)33-26-12-7-6-11-24(25)26/h3-7,9-14,21H,8,15-20H2,1-2H3. The molecule has 204 valence electrons. The van der Waals surface area contributed by atoms with E-state index in [0.717, 1.165) is 77.2 Å². The molecule has 0 atom stereocenters. The molecule has 5 aromatic rings. The summed E-state index contributed by atoms with van der Waals surface area (Å²) in [5.74, 6) is 0.637. The number of thiazole rings is 1. The van der Waals surface area contributed by atoms with E-state index in [2.05, 4.69) is 11.8 Å². The number of anilines is 1. The fourth-order valence-electron chi connectivity index (χ4n) is 5.19. The van der Waals surface area contributed by atoms with E-state index in [9.17, 15) is 4.79 Å². The number of pyridine rings is 1. The van der Waals surface area contributed by atoms with Crippen LogP contribution in [-0.4, -0.2) is 67.3 Å². The third kappa shape index (κ3) is 5.30. The van der Waals surface area contributed by atoms with Crippen LogP contribution in [0, 0.1) is 6.92 Å². The third-order valence-corrected chi connectivity index (χ3v) is 8.58. The second-order valence-electron chi connectivity index (χ2n) is 9.96. The molecular formula is C32H32N4O3S. The van der Waals surface area contributed by atoms with Crippen LogP contribution in [0.2, 0.25) is 0 Å². The number of carbonyl (C=O) groups is 1. The molecule has 1 saturated heterocycles. The van der Waals surface area contributed by atoms with Crippen molar-refractivity contribution in [1.82, 2.24) is 14.9 Å². The van der Waals surface area contributed by atoms with Crippen molar-refractivity contribution in [2.45, 2.75) is 13.3 Å². The monoisotopic (exact) mass is 552 g/mol. The van der Waals surface area contributed by atoms with Gasteiger partial charge in [-0.15, -0.1) is 0 Å². The Balaban J connectivity index is 1.42. The Morgan fingerprint density at radius 2 is 1.80 bits per heavy atom. The van der Waals surface area contributed by atoms with Gasteiger partial charge in [0.2, 0.25) is 0 Å². The fourth-order valence-corrected chi connectivity index (χ4v) is 6.27. The van der Waals surface area contributed by atoms with Crippen molar-refractivity contribution in [1.29, 1.82) is 0 Å². The average Bonchev–Trinajstić information content (AvgIpc) is 3.46. The lowest BCUT2D eigenvalue weighted by atomic mass is 10.0. The van der Waals surface area contributed by atoms with Crippen molar-refractivity contribution >= 4 is 43.5 Å². The molecule has 1 fully saturated rings. The lowest BCUT2D eigenvalue weighted by Crippen LogP contribution is -2.39. The van der Waals surface area contributed by atoms with Crippen LogP contribution in [0.3, 0.4) is 0 Å². The van der Waals surface area contributed by atoms with Crippen LogP contribution in [0.25, 0.3) is 32.4 Å². The van der Waals surface area contributed by atoms with Gasteiger partial charge >= 0.3 is 0 Å². The Hall–Kier alpha value is -3.85. The van der Waals surface area contributed by atoms with Gasteiger partial charge < -0.3 is 9.47 Å². The minimum atomic E-state index is -0.0755. The predicted octanol–water partition coefficient (Wildman–Crippen LogP) is 6.20. The number of fused-ring (bicyclic) bond motifs is 2. The minimum absolute atomic E-state index is 0.0755. The Kier molecular flexibility index (Phi) is 7.73. The zero-order valence-corrected chi connectivity index (χ0v) is 23.6. The first-order valence-electron chi connectivity index (χ1n) is 13.6. The zero-order valence-electron chi connectivity index (χ0n) is 22.8. The van der Waals surface area contributed by atoms with E-state index in [-0.39, 0.29) is 5.91 Å². The van der Waals surface area contributed by atoms with Crippen LogP contribution in [0.4, 0.5) is 5.13 Å². The maximum absolute atomic E-state index is 14.5. The van der Waals surface area contributed by atoms with Gasteiger partial charge in [-0.3, -0.25) is 14.6 Å². The maximum atomic E-state index is 14.5. The number of benzene rings is 3. The molecule has 0 unspecified atom stereocenters. The van der Waals surface area contributed by atoms with Crippen molar-refractivity contribution in [3.8, 4) is 17.0 Å². The lowest BCUT2D eigenvalue weighted by Gasteiger charge is -2.28. The Bertz CT molecular complexity index is 1650. The summed E-state index contributed by atoms with van der Waals surface area (Å²) in [7, 11) is 1.66. The van der Waals surface area contributed by atoms with Gasteiger partial charge in [0.1, 0.15) is 11.3 Å². The highest BCUT2D eigenvalue weighted by atomic mass is 32.1. The highest BCUT2D eigenvalue weighted by molar-refractivity contribution is 7.22. The van der Waals surface area contributed by atoms with E-state index in [4.69, 9.17) is 19.4 Å². The Morgan fingerprint density at radius 1 is 1.02 bits per heavy atom. The first-order valence-corrected chi connectivity index (χ1v) is 14.5. The zero-order chi connectivity index (χ0) is 27.5. The Labute approximate surface area is 238 Å². The van der Waals surface area contributed by atoms with Crippen molar-refractivity contribution in [3.05, 3.63) is 83.9 Å². The molecule has 2 aromatic heterocycles. The summed E-state index contributed by atoms with van der Waals surface area (Å²) in [6.45, 7) is 6.86. The summed E-state index contributed by atoms with van der Waals surface area (Å²) in [5, 5.41) is 1.51. The SMILES string of the molecule is COc1ccc(C)c2sc(N(CCCN3CCOCC3)C(=O)c3cc(-c4ccccc4)nc4ccccc34)nc12. The molecule has 40 heavy (non-hydrogen) atoms. The number of methoxy groups -OCH3 is 1. The topological polar surface area (TPSA) is 67.8 Å². The summed E-state index contributed by atoms with van der Waals surface area (Å²) in [4.78, 5) is 28.6. The molecule has 0 N–H and O–H groups in total. The predicted molar refractivity (Wildman–Crippen MR) is 162 cm³/mol. The number of amides is 1. The van der Waals surface area contributed by atoms with Gasteiger partial charge in [-0.25, -0.2) is 9.97 Å². The van der Waals surface area contributed by atoms with E-state index in [0.29, 0.717) is 23.0 Å². The average molecular weight is 553 g/mol. The molecule has 0 saturated carbocycles. The summed E-state index contributed by atoms with van der Waals surface area (Å²) < 4.78 is 12.2. The number of para-hydroxylation sites is 1. The number of morpholine rings is 1. The highest BCUT2D eigenvalue weighted by Gasteiger charge is 2.25. The number of rotatable bonds is 8. The number of aromatic nitrogens is 2. The third-order valence-electron chi connectivity index (χ3n) is 7.36. The number of carbonyl (C=O) groups excluding carboxylic acids is 1. The largest absolute Gasteiger partial charge is 0.494 e. The molecule has 1 amide bonds. The lowest BCUT2D eigenvalue weighted by molar-refractivity contribution is 0.0376. The fraction of sp³-hybridized carbons (Fsp3) is 0.281. The van der Waals surface area contributed by atoms with Crippen molar-refractivity contribution in [2.24, 2.45) is 0 Å². The summed E-state index contributed by atoms with van der Waals surface area (Å²) in [5.41, 5.74) is 5.07. The number of nitrogens with zero attached hydrogens (tertiary/aromatic N) is 4. The van der Waals surface area contributed by atoms with E-state index < -0.39 is 0 Å². The Morgan fingerprint density at radius 3 is 2.60 bits per heavy atom. The highest BCUT2D eigenvalue weighted by Crippen LogP contribution is 2.37. The molecule has 3 aromatic carbocycles. The summed E-state index contributed by atoms with van der Waals surface area (Å²) in [6, 6.07) is 23.8. The van der Waals surface area contributed by atoms with Crippen molar-refractivity contribution in [3.63, 3.8) is 0 Å². The van der Waals surface area contributed by atoms with Gasteiger partial charge in [-0.05, 0) is 37.1 Å². The van der Waals surface area contributed by atoms with Crippen LogP contribution in [0.15, 0.2) is 72.8 Å². The van der Waals surface area contributed by atoms with Crippen LogP contribution >= 0.6 is 11.3 Å². The molecule has 0 radical (unpaired) electrons. The second-order valence-corrected chi connectivity index (χ2v) is 10.9. The van der Waals surface area contributed by atoms with Gasteiger partial charge in [0.25, 0.3) is 5.91 Å². The van der Waals surface area contributed by atoms with E-state index in [1.54, 1.807) is 18.4 Å². The van der Waals surface area contributed by atoms with Gasteiger partial charge in [-0.1, -0.05) is 65.9 Å². The molecular weight excluding hydrogens is 520 g/mol. The molecule has 7 nitrogen and oxygen atoms in total. The van der Waals surface area contributed by atoms with E-state index in [1.807, 2.05) is 77.7 Å². The second kappa shape index (κ2) is 11.7. The van der Waals surface area contributed by atoms with E-state index in [1.165, 1.54) is 0 Å². The number of ether oxygens (including phenoxy) is 2. The maximum Gasteiger partial charge on any atom is 0.260 e. The van der Waals surface area contributed by atoms with Gasteiger partial charge in [0.15, 0.2) is 5.13 Å². The van der Waals surface area contributed by atoms with Crippen molar-refractivity contribution < 1.29 is 14.3 Å². The molecule has 0 aliphatic carbocycles. The van der Waals surface area contributed by atoms with Crippen LogP contribution in [0.5, 0.6) is 5.75 Å². The summed E-state index contributed by atoms with van der Waals surface area (Å²) >= 11 is 1.54. The smallest absolute Gasteiger partial charge is 0.260 e. The molecule has 1 aliphatic rings. The number of hydrogen-bond donors (Lipinski definition) is 0. The molecule has 0 spiro atoms.